The van der Waals surface area contributed by atoms with Gasteiger partial charge in [0, 0.05) is 12.0 Å². The van der Waals surface area contributed by atoms with Gasteiger partial charge in [-0.1, -0.05) is 31.5 Å². The van der Waals surface area contributed by atoms with E-state index in [1.165, 1.54) is 18.9 Å². The highest BCUT2D eigenvalue weighted by Crippen LogP contribution is 2.37. The second kappa shape index (κ2) is 4.96. The van der Waals surface area contributed by atoms with E-state index in [-0.39, 0.29) is 17.8 Å². The smallest absolute Gasteiger partial charge is 0.126 e. The molecule has 1 fully saturated rings. The van der Waals surface area contributed by atoms with Gasteiger partial charge in [0.2, 0.25) is 0 Å². The monoisotopic (exact) mass is 221 g/mol. The Morgan fingerprint density at radius 3 is 2.75 bits per heavy atom. The third-order valence-electron chi connectivity index (χ3n) is 3.89. The summed E-state index contributed by atoms with van der Waals surface area (Å²) in [4.78, 5) is 0. The molecule has 0 radical (unpaired) electrons. The summed E-state index contributed by atoms with van der Waals surface area (Å²) in [7, 11) is 0. The minimum Gasteiger partial charge on any atom is -0.327 e. The van der Waals surface area contributed by atoms with Crippen molar-refractivity contribution < 1.29 is 4.39 Å². The lowest BCUT2D eigenvalue weighted by Crippen LogP contribution is -2.34. The second-order valence-electron chi connectivity index (χ2n) is 4.88. The normalized spacial score (nSPS) is 30.3. The molecule has 3 atom stereocenters. The highest BCUT2D eigenvalue weighted by Gasteiger charge is 2.29. The van der Waals surface area contributed by atoms with Crippen LogP contribution in [0.25, 0.3) is 0 Å². The maximum atomic E-state index is 13.7. The van der Waals surface area contributed by atoms with Crippen LogP contribution in [0.5, 0.6) is 0 Å². The molecular weight excluding hydrogens is 201 g/mol. The molecule has 16 heavy (non-hydrogen) atoms. The van der Waals surface area contributed by atoms with Gasteiger partial charge in [0.25, 0.3) is 0 Å². The fourth-order valence-electron chi connectivity index (χ4n) is 2.79. The lowest BCUT2D eigenvalue weighted by molar-refractivity contribution is 0.278. The Bertz CT molecular complexity index is 350. The summed E-state index contributed by atoms with van der Waals surface area (Å²) >= 11 is 0. The van der Waals surface area contributed by atoms with Crippen molar-refractivity contribution in [2.75, 3.05) is 0 Å². The second-order valence-corrected chi connectivity index (χ2v) is 4.88. The number of rotatable bonds is 2. The number of benzene rings is 1. The molecule has 0 aromatic heterocycles. The highest BCUT2D eigenvalue weighted by atomic mass is 19.1. The van der Waals surface area contributed by atoms with Gasteiger partial charge in [0.05, 0.1) is 0 Å². The third-order valence-corrected chi connectivity index (χ3v) is 3.89. The van der Waals surface area contributed by atoms with E-state index in [2.05, 4.69) is 6.92 Å². The molecule has 0 bridgehead atoms. The van der Waals surface area contributed by atoms with E-state index in [4.69, 9.17) is 5.73 Å². The molecule has 1 aromatic carbocycles. The first-order valence-corrected chi connectivity index (χ1v) is 6.22. The van der Waals surface area contributed by atoms with Crippen LogP contribution in [0.4, 0.5) is 4.39 Å². The van der Waals surface area contributed by atoms with Gasteiger partial charge in [-0.15, -0.1) is 0 Å². The molecule has 1 nitrogen and oxygen atoms in total. The summed E-state index contributed by atoms with van der Waals surface area (Å²) < 4.78 is 13.7. The molecule has 88 valence electrons. The fraction of sp³-hybridized carbons (Fsp3) is 0.571. The Morgan fingerprint density at radius 2 is 2.06 bits per heavy atom. The summed E-state index contributed by atoms with van der Waals surface area (Å²) in [5, 5.41) is 0. The van der Waals surface area contributed by atoms with Gasteiger partial charge < -0.3 is 5.73 Å². The molecule has 0 aliphatic heterocycles. The zero-order chi connectivity index (χ0) is 11.5. The molecule has 2 heteroatoms. The number of hydrogen-bond donors (Lipinski definition) is 1. The minimum absolute atomic E-state index is 0.0975. The van der Waals surface area contributed by atoms with E-state index in [9.17, 15) is 4.39 Å². The summed E-state index contributed by atoms with van der Waals surface area (Å²) in [6.45, 7) is 2.21. The van der Waals surface area contributed by atoms with Crippen molar-refractivity contribution in [1.82, 2.24) is 0 Å². The maximum Gasteiger partial charge on any atom is 0.126 e. The number of nitrogens with two attached hydrogens (primary N) is 1. The SMILES string of the molecule is CCC1CCC(N)C(c2ccccc2F)C1. The zero-order valence-corrected chi connectivity index (χ0v) is 9.83. The Balaban J connectivity index is 2.21. The van der Waals surface area contributed by atoms with Crippen LogP contribution >= 0.6 is 0 Å². The van der Waals surface area contributed by atoms with E-state index >= 15 is 0 Å². The van der Waals surface area contributed by atoms with Crippen LogP contribution in [0.1, 0.15) is 44.1 Å². The standard InChI is InChI=1S/C14H20FN/c1-2-10-7-8-14(16)12(9-10)11-5-3-4-6-13(11)15/h3-6,10,12,14H,2,7-9,16H2,1H3. The van der Waals surface area contributed by atoms with E-state index in [0.717, 1.165) is 18.4 Å². The molecule has 1 aliphatic rings. The van der Waals surface area contributed by atoms with Gasteiger partial charge >= 0.3 is 0 Å². The van der Waals surface area contributed by atoms with Crippen molar-refractivity contribution in [3.8, 4) is 0 Å². The first-order valence-electron chi connectivity index (χ1n) is 6.22. The number of hydrogen-bond acceptors (Lipinski definition) is 1. The van der Waals surface area contributed by atoms with Crippen LogP contribution in [0, 0.1) is 11.7 Å². The largest absolute Gasteiger partial charge is 0.327 e. The quantitative estimate of drug-likeness (QED) is 0.813. The van der Waals surface area contributed by atoms with Crippen molar-refractivity contribution >= 4 is 0 Å². The van der Waals surface area contributed by atoms with Crippen LogP contribution in [0.15, 0.2) is 24.3 Å². The van der Waals surface area contributed by atoms with Gasteiger partial charge in [0.1, 0.15) is 5.82 Å². The van der Waals surface area contributed by atoms with Gasteiger partial charge in [-0.3, -0.25) is 0 Å². The predicted molar refractivity (Wildman–Crippen MR) is 64.7 cm³/mol. The molecule has 0 heterocycles. The Kier molecular flexibility index (Phi) is 3.59. The van der Waals surface area contributed by atoms with E-state index in [0.29, 0.717) is 5.92 Å². The van der Waals surface area contributed by atoms with E-state index in [1.54, 1.807) is 6.07 Å². The van der Waals surface area contributed by atoms with Crippen LogP contribution in [0.3, 0.4) is 0 Å². The molecule has 2 N–H and O–H groups in total. The predicted octanol–water partition coefficient (Wildman–Crippen LogP) is 3.45. The molecule has 1 aromatic rings. The van der Waals surface area contributed by atoms with Crippen molar-refractivity contribution in [3.63, 3.8) is 0 Å². The van der Waals surface area contributed by atoms with Crippen LogP contribution < -0.4 is 5.73 Å². The summed E-state index contributed by atoms with van der Waals surface area (Å²) in [6.07, 6.45) is 4.44. The first kappa shape index (κ1) is 11.6. The molecule has 2 rings (SSSR count). The third kappa shape index (κ3) is 2.27. The van der Waals surface area contributed by atoms with Gasteiger partial charge in [-0.2, -0.15) is 0 Å². The molecular formula is C14H20FN. The Morgan fingerprint density at radius 1 is 1.31 bits per heavy atom. The van der Waals surface area contributed by atoms with Gasteiger partial charge in [0.15, 0.2) is 0 Å². The highest BCUT2D eigenvalue weighted by molar-refractivity contribution is 5.24. The van der Waals surface area contributed by atoms with Crippen LogP contribution in [-0.4, -0.2) is 6.04 Å². The topological polar surface area (TPSA) is 26.0 Å². The lowest BCUT2D eigenvalue weighted by atomic mass is 9.74. The molecule has 1 saturated carbocycles. The molecule has 0 amide bonds. The van der Waals surface area contributed by atoms with Crippen LogP contribution in [0.2, 0.25) is 0 Å². The Hall–Kier alpha value is -0.890. The van der Waals surface area contributed by atoms with Crippen molar-refractivity contribution in [2.24, 2.45) is 11.7 Å². The molecule has 3 unspecified atom stereocenters. The Labute approximate surface area is 96.9 Å². The lowest BCUT2D eigenvalue weighted by Gasteiger charge is -2.34. The van der Waals surface area contributed by atoms with Crippen molar-refractivity contribution in [1.29, 1.82) is 0 Å². The average molecular weight is 221 g/mol. The first-order chi connectivity index (χ1) is 7.72. The van der Waals surface area contributed by atoms with Crippen molar-refractivity contribution in [2.45, 2.75) is 44.6 Å². The summed E-state index contributed by atoms with van der Waals surface area (Å²) in [6, 6.07) is 7.19. The molecule has 1 aliphatic carbocycles. The van der Waals surface area contributed by atoms with Crippen molar-refractivity contribution in [3.05, 3.63) is 35.6 Å². The van der Waals surface area contributed by atoms with Gasteiger partial charge in [-0.05, 0) is 36.8 Å². The van der Waals surface area contributed by atoms with E-state index < -0.39 is 0 Å². The molecule has 0 spiro atoms. The number of halogens is 1. The van der Waals surface area contributed by atoms with Crippen LogP contribution in [-0.2, 0) is 0 Å². The molecule has 0 saturated heterocycles. The van der Waals surface area contributed by atoms with E-state index in [1.807, 2.05) is 12.1 Å². The summed E-state index contributed by atoms with van der Waals surface area (Å²) in [5.41, 5.74) is 6.94. The zero-order valence-electron chi connectivity index (χ0n) is 9.83. The maximum absolute atomic E-state index is 13.7. The fourth-order valence-corrected chi connectivity index (χ4v) is 2.79. The van der Waals surface area contributed by atoms with Gasteiger partial charge in [-0.25, -0.2) is 4.39 Å². The summed E-state index contributed by atoms with van der Waals surface area (Å²) in [5.74, 6) is 0.823. The minimum atomic E-state index is -0.0975. The average Bonchev–Trinajstić information content (AvgIpc) is 2.31.